The maximum absolute atomic E-state index is 6.13. The molecule has 1 aliphatic rings. The first kappa shape index (κ1) is 19.7. The van der Waals surface area contributed by atoms with Crippen molar-refractivity contribution in [2.45, 2.75) is 32.3 Å². The number of aliphatic imine (C=N–C) groups is 1. The molecule has 0 spiro atoms. The minimum absolute atomic E-state index is 0. The summed E-state index contributed by atoms with van der Waals surface area (Å²) in [6.07, 6.45) is 0.215. The van der Waals surface area contributed by atoms with Gasteiger partial charge in [-0.15, -0.1) is 24.0 Å². The van der Waals surface area contributed by atoms with Crippen LogP contribution in [0.15, 0.2) is 33.7 Å². The topological polar surface area (TPSA) is 50.8 Å². The monoisotopic (exact) mass is 481 g/mol. The maximum atomic E-state index is 6.13. The SMILES string of the molecule is CC1CN(C(N)=NCC(C)(C)c2ccc(Br)cc2)CCO1.I. The van der Waals surface area contributed by atoms with E-state index in [1.165, 1.54) is 5.56 Å². The molecule has 1 aromatic rings. The summed E-state index contributed by atoms with van der Waals surface area (Å²) < 4.78 is 6.62. The molecule has 0 aliphatic carbocycles. The Hall–Kier alpha value is -0.340. The molecule has 0 bridgehead atoms. The molecule has 1 atom stereocenters. The van der Waals surface area contributed by atoms with Gasteiger partial charge in [-0.05, 0) is 24.6 Å². The predicted molar refractivity (Wildman–Crippen MR) is 106 cm³/mol. The van der Waals surface area contributed by atoms with Crippen molar-refractivity contribution in [3.63, 3.8) is 0 Å². The van der Waals surface area contributed by atoms with Gasteiger partial charge in [-0.3, -0.25) is 4.99 Å². The summed E-state index contributed by atoms with van der Waals surface area (Å²) in [5.41, 5.74) is 7.36. The van der Waals surface area contributed by atoms with Crippen molar-refractivity contribution in [3.05, 3.63) is 34.3 Å². The molecule has 0 amide bonds. The first-order valence-corrected chi connectivity index (χ1v) is 8.10. The van der Waals surface area contributed by atoms with Gasteiger partial charge in [-0.2, -0.15) is 0 Å². The quantitative estimate of drug-likeness (QED) is 0.409. The van der Waals surface area contributed by atoms with Crippen LogP contribution in [0.3, 0.4) is 0 Å². The van der Waals surface area contributed by atoms with Crippen molar-refractivity contribution in [3.8, 4) is 0 Å². The van der Waals surface area contributed by atoms with Crippen molar-refractivity contribution in [1.82, 2.24) is 4.90 Å². The third kappa shape index (κ3) is 5.38. The van der Waals surface area contributed by atoms with Crippen molar-refractivity contribution >= 4 is 45.9 Å². The minimum Gasteiger partial charge on any atom is -0.375 e. The van der Waals surface area contributed by atoms with Crippen LogP contribution in [0.1, 0.15) is 26.3 Å². The van der Waals surface area contributed by atoms with Gasteiger partial charge in [0.2, 0.25) is 0 Å². The number of benzene rings is 1. The molecular weight excluding hydrogens is 457 g/mol. The van der Waals surface area contributed by atoms with E-state index in [-0.39, 0.29) is 35.5 Å². The average Bonchev–Trinajstić information content (AvgIpc) is 2.45. The first-order valence-electron chi connectivity index (χ1n) is 7.31. The highest BCUT2D eigenvalue weighted by Gasteiger charge is 2.22. The van der Waals surface area contributed by atoms with Gasteiger partial charge in [0.25, 0.3) is 0 Å². The molecule has 1 saturated heterocycles. The van der Waals surface area contributed by atoms with Crippen LogP contribution < -0.4 is 5.73 Å². The standard InChI is InChI=1S/C16H24BrN3O.HI/c1-12-10-20(8-9-21-12)15(18)19-11-16(2,3)13-4-6-14(17)7-5-13;/h4-7,12H,8-11H2,1-3H3,(H2,18,19);1H. The van der Waals surface area contributed by atoms with E-state index < -0.39 is 0 Å². The molecular formula is C16H25BrIN3O. The van der Waals surface area contributed by atoms with Crippen LogP contribution >= 0.6 is 39.9 Å². The number of guanidine groups is 1. The highest BCUT2D eigenvalue weighted by Crippen LogP contribution is 2.25. The van der Waals surface area contributed by atoms with Crippen LogP contribution in [0, 0.1) is 0 Å². The van der Waals surface area contributed by atoms with E-state index in [4.69, 9.17) is 10.5 Å². The Morgan fingerprint density at radius 2 is 2.05 bits per heavy atom. The van der Waals surface area contributed by atoms with Crippen LogP contribution in [0.4, 0.5) is 0 Å². The van der Waals surface area contributed by atoms with Crippen LogP contribution in [0.2, 0.25) is 0 Å². The van der Waals surface area contributed by atoms with Crippen LogP contribution in [0.25, 0.3) is 0 Å². The lowest BCUT2D eigenvalue weighted by atomic mass is 9.85. The number of hydrogen-bond donors (Lipinski definition) is 1. The largest absolute Gasteiger partial charge is 0.375 e. The molecule has 2 N–H and O–H groups in total. The molecule has 1 heterocycles. The lowest BCUT2D eigenvalue weighted by Crippen LogP contribution is -2.48. The van der Waals surface area contributed by atoms with Gasteiger partial charge in [0.15, 0.2) is 5.96 Å². The molecule has 0 aromatic heterocycles. The Labute approximate surface area is 158 Å². The average molecular weight is 482 g/mol. The van der Waals surface area contributed by atoms with E-state index in [0.29, 0.717) is 19.1 Å². The highest BCUT2D eigenvalue weighted by atomic mass is 127. The number of hydrogen-bond acceptors (Lipinski definition) is 2. The van der Waals surface area contributed by atoms with E-state index in [2.05, 4.69) is 70.9 Å². The van der Waals surface area contributed by atoms with Gasteiger partial charge in [-0.25, -0.2) is 0 Å². The van der Waals surface area contributed by atoms with E-state index in [0.717, 1.165) is 17.6 Å². The number of rotatable bonds is 3. The summed E-state index contributed by atoms with van der Waals surface area (Å²) in [6, 6.07) is 8.39. The predicted octanol–water partition coefficient (Wildman–Crippen LogP) is 3.38. The Morgan fingerprint density at radius 3 is 2.64 bits per heavy atom. The van der Waals surface area contributed by atoms with Gasteiger partial charge < -0.3 is 15.4 Å². The van der Waals surface area contributed by atoms with Crippen molar-refractivity contribution in [1.29, 1.82) is 0 Å². The fourth-order valence-corrected chi connectivity index (χ4v) is 2.66. The highest BCUT2D eigenvalue weighted by molar-refractivity contribution is 14.0. The van der Waals surface area contributed by atoms with Crippen LogP contribution in [-0.4, -0.2) is 43.2 Å². The number of nitrogens with zero attached hydrogens (tertiary/aromatic N) is 2. The lowest BCUT2D eigenvalue weighted by Gasteiger charge is -2.32. The fraction of sp³-hybridized carbons (Fsp3) is 0.562. The van der Waals surface area contributed by atoms with E-state index >= 15 is 0 Å². The summed E-state index contributed by atoms with van der Waals surface area (Å²) in [7, 11) is 0. The fourth-order valence-electron chi connectivity index (χ4n) is 2.40. The Kier molecular flexibility index (Phi) is 7.61. The second kappa shape index (κ2) is 8.49. The molecule has 124 valence electrons. The van der Waals surface area contributed by atoms with E-state index in [1.54, 1.807) is 0 Å². The Morgan fingerprint density at radius 1 is 1.41 bits per heavy atom. The van der Waals surface area contributed by atoms with Crippen molar-refractivity contribution in [2.75, 3.05) is 26.2 Å². The molecule has 1 fully saturated rings. The summed E-state index contributed by atoms with van der Waals surface area (Å²) in [4.78, 5) is 6.71. The van der Waals surface area contributed by atoms with Crippen molar-refractivity contribution < 1.29 is 4.74 Å². The number of ether oxygens (including phenoxy) is 1. The summed E-state index contributed by atoms with van der Waals surface area (Å²) >= 11 is 3.47. The van der Waals surface area contributed by atoms with E-state index in [1.807, 2.05) is 0 Å². The lowest BCUT2D eigenvalue weighted by molar-refractivity contribution is 0.00527. The summed E-state index contributed by atoms with van der Waals surface area (Å²) in [5, 5.41) is 0. The number of morpholine rings is 1. The third-order valence-corrected chi connectivity index (χ3v) is 4.36. The van der Waals surface area contributed by atoms with Gasteiger partial charge in [0.1, 0.15) is 0 Å². The van der Waals surface area contributed by atoms with Crippen LogP contribution in [0.5, 0.6) is 0 Å². The number of nitrogens with two attached hydrogens (primary N) is 1. The molecule has 1 aliphatic heterocycles. The molecule has 4 nitrogen and oxygen atoms in total. The maximum Gasteiger partial charge on any atom is 0.191 e. The Bertz CT molecular complexity index is 505. The number of halogens is 2. The molecule has 0 radical (unpaired) electrons. The van der Waals surface area contributed by atoms with Gasteiger partial charge >= 0.3 is 0 Å². The molecule has 22 heavy (non-hydrogen) atoms. The molecule has 6 heteroatoms. The van der Waals surface area contributed by atoms with Crippen LogP contribution in [-0.2, 0) is 10.2 Å². The second-order valence-corrected chi connectivity index (χ2v) is 7.11. The minimum atomic E-state index is -0.0385. The zero-order valence-electron chi connectivity index (χ0n) is 13.4. The normalized spacial score (nSPS) is 19.7. The molecule has 1 unspecified atom stereocenters. The third-order valence-electron chi connectivity index (χ3n) is 3.83. The Balaban J connectivity index is 0.00000242. The van der Waals surface area contributed by atoms with Gasteiger partial charge in [-0.1, -0.05) is 41.9 Å². The summed E-state index contributed by atoms with van der Waals surface area (Å²) in [6.45, 7) is 9.46. The zero-order chi connectivity index (χ0) is 15.5. The second-order valence-electron chi connectivity index (χ2n) is 6.19. The van der Waals surface area contributed by atoms with Gasteiger partial charge in [0.05, 0.1) is 19.3 Å². The van der Waals surface area contributed by atoms with Crippen molar-refractivity contribution in [2.24, 2.45) is 10.7 Å². The molecule has 1 aromatic carbocycles. The van der Waals surface area contributed by atoms with Gasteiger partial charge in [0, 0.05) is 23.0 Å². The van der Waals surface area contributed by atoms with E-state index in [9.17, 15) is 0 Å². The summed E-state index contributed by atoms with van der Waals surface area (Å²) in [5.74, 6) is 0.621. The molecule has 2 rings (SSSR count). The zero-order valence-corrected chi connectivity index (χ0v) is 17.3. The smallest absolute Gasteiger partial charge is 0.191 e. The first-order chi connectivity index (χ1) is 9.88. The molecule has 0 saturated carbocycles.